The molecule has 1 aliphatic rings. The molecule has 0 amide bonds. The van der Waals surface area contributed by atoms with E-state index in [1.165, 1.54) is 0 Å². The summed E-state index contributed by atoms with van der Waals surface area (Å²) in [5, 5.41) is -1.05. The van der Waals surface area contributed by atoms with Crippen LogP contribution in [0, 0.1) is 0 Å². The van der Waals surface area contributed by atoms with Gasteiger partial charge in [-0.15, -0.1) is 0 Å². The maximum absolute atomic E-state index is 9.25. The average Bonchev–Trinajstić information content (AvgIpc) is 4.30. The molecular formula is C58H37N5. The Balaban J connectivity index is 1.10. The van der Waals surface area contributed by atoms with Gasteiger partial charge in [0.1, 0.15) is 0 Å². The minimum absolute atomic E-state index is 0.142. The predicted octanol–water partition coefficient (Wildman–Crippen LogP) is 13.8. The number of rotatable bonds is 6. The monoisotopic (exact) mass is 819 g/mol. The van der Waals surface area contributed by atoms with Gasteiger partial charge in [-0.25, -0.2) is 0 Å². The first-order chi connectivity index (χ1) is 37.9. The highest BCUT2D eigenvalue weighted by Gasteiger charge is 2.46. The minimum atomic E-state index is -0.698. The Morgan fingerprint density at radius 2 is 0.778 bits per heavy atom. The topological polar surface area (TPSA) is 48.5 Å². The van der Waals surface area contributed by atoms with E-state index < -0.39 is 114 Å². The van der Waals surface area contributed by atoms with Crippen LogP contribution in [0.5, 0.6) is 0 Å². The molecule has 294 valence electrons. The van der Waals surface area contributed by atoms with Crippen LogP contribution in [0.25, 0.3) is 89.2 Å². The molecule has 9 aromatic carbocycles. The molecule has 3 heterocycles. The number of nitrogens with zero attached hydrogens (tertiary/aromatic N) is 5. The minimum Gasteiger partial charge on any atom is -0.278 e. The predicted molar refractivity (Wildman–Crippen MR) is 257 cm³/mol. The first-order valence-corrected chi connectivity index (χ1v) is 20.1. The van der Waals surface area contributed by atoms with Crippen LogP contribution >= 0.6 is 0 Å². The van der Waals surface area contributed by atoms with Gasteiger partial charge in [0.2, 0.25) is 11.9 Å². The van der Waals surface area contributed by atoms with Crippen LogP contribution in [-0.4, -0.2) is 24.1 Å². The van der Waals surface area contributed by atoms with Crippen LogP contribution < -0.4 is 0 Å². The van der Waals surface area contributed by atoms with E-state index >= 15 is 0 Å². The second-order valence-electron chi connectivity index (χ2n) is 15.2. The van der Waals surface area contributed by atoms with Crippen molar-refractivity contribution in [2.45, 2.75) is 5.41 Å². The highest BCUT2D eigenvalue weighted by atomic mass is 15.3. The summed E-state index contributed by atoms with van der Waals surface area (Å²) in [6, 6.07) is 32.2. The smallest absolute Gasteiger partial charge is 0.240 e. The second kappa shape index (κ2) is 13.8. The zero-order chi connectivity index (χ0) is 55.4. The van der Waals surface area contributed by atoms with E-state index in [9.17, 15) is 5.48 Å². The Labute approximate surface area is 386 Å². The molecule has 5 heteroatoms. The van der Waals surface area contributed by atoms with Crippen molar-refractivity contribution in [2.24, 2.45) is 0 Å². The first kappa shape index (κ1) is 23.0. The van der Waals surface area contributed by atoms with E-state index in [1.54, 1.807) is 12.1 Å². The van der Waals surface area contributed by atoms with Gasteiger partial charge in [-0.3, -0.25) is 9.13 Å². The van der Waals surface area contributed by atoms with Crippen LogP contribution in [0.1, 0.15) is 44.2 Å². The Kier molecular flexibility index (Phi) is 5.04. The van der Waals surface area contributed by atoms with E-state index in [1.807, 2.05) is 60.7 Å². The van der Waals surface area contributed by atoms with Gasteiger partial charge < -0.3 is 0 Å². The molecule has 0 fully saturated rings. The lowest BCUT2D eigenvalue weighted by atomic mass is 9.67. The normalized spacial score (nSPS) is 16.4. The summed E-state index contributed by atoms with van der Waals surface area (Å²) in [5.41, 5.74) is 6.58. The summed E-state index contributed by atoms with van der Waals surface area (Å²) >= 11 is 0. The van der Waals surface area contributed by atoms with E-state index in [0.29, 0.717) is 5.56 Å². The van der Waals surface area contributed by atoms with Gasteiger partial charge in [-0.05, 0) is 74.7 Å². The Bertz CT molecular complexity index is 4300. The molecule has 13 rings (SSSR count). The third kappa shape index (κ3) is 5.20. The molecule has 0 saturated carbocycles. The summed E-state index contributed by atoms with van der Waals surface area (Å²) in [4.78, 5) is 14.6. The molecule has 0 aliphatic heterocycles. The van der Waals surface area contributed by atoms with Crippen LogP contribution in [0.4, 0.5) is 0 Å². The summed E-state index contributed by atoms with van der Waals surface area (Å²) in [6.45, 7) is 0. The largest absolute Gasteiger partial charge is 0.278 e. The number of aromatic nitrogens is 5. The molecule has 0 radical (unpaired) electrons. The zero-order valence-corrected chi connectivity index (χ0v) is 32.9. The third-order valence-corrected chi connectivity index (χ3v) is 12.0. The molecule has 0 bridgehead atoms. The molecule has 1 aliphatic carbocycles. The van der Waals surface area contributed by atoms with Crippen molar-refractivity contribution < 1.29 is 21.9 Å². The van der Waals surface area contributed by atoms with Crippen LogP contribution in [0.2, 0.25) is 0 Å². The van der Waals surface area contributed by atoms with Crippen molar-refractivity contribution in [1.82, 2.24) is 24.1 Å². The molecule has 63 heavy (non-hydrogen) atoms. The molecule has 0 saturated heterocycles. The van der Waals surface area contributed by atoms with Crippen molar-refractivity contribution in [3.63, 3.8) is 0 Å². The molecule has 0 N–H and O–H groups in total. The SMILES string of the molecule is [2H]c1c([2H])c([2H])c2c(c1[2H])c1c([2H])c([2H])c([2H])c([2H])c1n2-c1nc(-c2ccc(-c3ccc4c(c3)C(c3ccccc3)(c3ccccc3)c3ccccc3-4)cc2)nc(-n2c3c([2H])c([2H])c([2H])c([2H])c3c3c([2H])c([2H])c([2H])c([2H])c32)n1. The van der Waals surface area contributed by atoms with Crippen LogP contribution in [-0.2, 0) is 5.41 Å². The summed E-state index contributed by atoms with van der Waals surface area (Å²) in [6.07, 6.45) is 0. The van der Waals surface area contributed by atoms with Gasteiger partial charge in [0.05, 0.1) is 49.4 Å². The summed E-state index contributed by atoms with van der Waals surface area (Å²) in [5.74, 6) is -1.07. The standard InChI is InChI=1S/C58H37N5/c1-3-17-41(18-4-1)58(42-19-5-2-6-20-42)49-26-12-7-21-43(49)44-36-35-40(37-50(44)58)38-31-33-39(34-32-38)55-59-56(62-51-27-13-8-22-45(51)46-23-9-14-28-52(46)62)61-57(60-55)63-53-29-15-10-24-47(53)48-25-11-16-30-54(48)63/h1-37H/i8D,9D,10D,11D,13D,14D,15D,16D,22D,23D,24D,25D,27D,28D,29D,30D. The van der Waals surface area contributed by atoms with E-state index in [2.05, 4.69) is 54.6 Å². The van der Waals surface area contributed by atoms with Crippen molar-refractivity contribution in [2.75, 3.05) is 0 Å². The lowest BCUT2D eigenvalue weighted by Gasteiger charge is -2.34. The Hall–Kier alpha value is -8.41. The van der Waals surface area contributed by atoms with Gasteiger partial charge in [-0.1, -0.05) is 194 Å². The molecule has 5 nitrogen and oxygen atoms in total. The lowest BCUT2D eigenvalue weighted by molar-refractivity contribution is 0.769. The molecule has 12 aromatic rings. The highest BCUT2D eigenvalue weighted by Crippen LogP contribution is 2.56. The van der Waals surface area contributed by atoms with Gasteiger partial charge in [0, 0.05) is 27.1 Å². The number of hydrogen-bond acceptors (Lipinski definition) is 3. The van der Waals surface area contributed by atoms with Crippen molar-refractivity contribution in [3.8, 4) is 45.5 Å². The Morgan fingerprint density at radius 3 is 1.29 bits per heavy atom. The van der Waals surface area contributed by atoms with Crippen molar-refractivity contribution in [1.29, 1.82) is 0 Å². The lowest BCUT2D eigenvalue weighted by Crippen LogP contribution is -2.28. The van der Waals surface area contributed by atoms with Crippen LogP contribution in [0.15, 0.2) is 224 Å². The van der Waals surface area contributed by atoms with Gasteiger partial charge in [0.15, 0.2) is 5.82 Å². The molecule has 3 aromatic heterocycles. The fourth-order valence-electron chi connectivity index (χ4n) is 9.36. The number of fused-ring (bicyclic) bond motifs is 9. The first-order valence-electron chi connectivity index (χ1n) is 28.1. The molecule has 0 spiro atoms. The van der Waals surface area contributed by atoms with Gasteiger partial charge >= 0.3 is 0 Å². The fraction of sp³-hybridized carbons (Fsp3) is 0.0172. The van der Waals surface area contributed by atoms with E-state index in [0.717, 1.165) is 53.6 Å². The average molecular weight is 820 g/mol. The quantitative estimate of drug-likeness (QED) is 0.168. The van der Waals surface area contributed by atoms with E-state index in [-0.39, 0.29) is 49.4 Å². The maximum Gasteiger partial charge on any atom is 0.240 e. The van der Waals surface area contributed by atoms with Crippen LogP contribution in [0.3, 0.4) is 0 Å². The molecule has 0 unspecified atom stereocenters. The fourth-order valence-corrected chi connectivity index (χ4v) is 9.36. The third-order valence-electron chi connectivity index (χ3n) is 12.0. The second-order valence-corrected chi connectivity index (χ2v) is 15.2. The highest BCUT2D eigenvalue weighted by molar-refractivity contribution is 6.10. The Morgan fingerprint density at radius 1 is 0.365 bits per heavy atom. The molecule has 0 atom stereocenters. The zero-order valence-electron chi connectivity index (χ0n) is 48.9. The number of benzene rings is 9. The summed E-state index contributed by atoms with van der Waals surface area (Å²) < 4.78 is 145. The summed E-state index contributed by atoms with van der Waals surface area (Å²) in [7, 11) is 0. The maximum atomic E-state index is 9.25. The molecular weight excluding hydrogens is 767 g/mol. The van der Waals surface area contributed by atoms with Crippen molar-refractivity contribution >= 4 is 43.6 Å². The number of hydrogen-bond donors (Lipinski definition) is 0. The van der Waals surface area contributed by atoms with Gasteiger partial charge in [-0.2, -0.15) is 15.0 Å². The van der Waals surface area contributed by atoms with Crippen molar-refractivity contribution in [3.05, 3.63) is 246 Å². The van der Waals surface area contributed by atoms with Gasteiger partial charge in [0.25, 0.3) is 0 Å². The van der Waals surface area contributed by atoms with E-state index in [4.69, 9.17) is 31.4 Å². The number of para-hydroxylation sites is 4.